The fourth-order valence-electron chi connectivity index (χ4n) is 1.63. The molecule has 1 aromatic rings. The lowest BCUT2D eigenvalue weighted by molar-refractivity contribution is 0.0696. The summed E-state index contributed by atoms with van der Waals surface area (Å²) in [6.45, 7) is 2.58. The van der Waals surface area contributed by atoms with E-state index < -0.39 is 5.97 Å². The van der Waals surface area contributed by atoms with Crippen LogP contribution in [0, 0.1) is 0 Å². The van der Waals surface area contributed by atoms with Gasteiger partial charge < -0.3 is 9.52 Å². The van der Waals surface area contributed by atoms with Crippen LogP contribution in [-0.4, -0.2) is 29.1 Å². The first-order valence-electron chi connectivity index (χ1n) is 4.94. The van der Waals surface area contributed by atoms with Crippen LogP contribution >= 0.6 is 0 Å². The first-order valence-corrected chi connectivity index (χ1v) is 4.94. The predicted octanol–water partition coefficient (Wildman–Crippen LogP) is 1.74. The topological polar surface area (TPSA) is 53.7 Å². The molecule has 15 heavy (non-hydrogen) atoms. The molecular weight excluding hydrogens is 194 g/mol. The van der Waals surface area contributed by atoms with Gasteiger partial charge in [-0.05, 0) is 12.5 Å². The summed E-state index contributed by atoms with van der Waals surface area (Å²) < 4.78 is 5.18. The molecular formula is C11H13NO3. The number of furan rings is 1. The Morgan fingerprint density at radius 3 is 3.00 bits per heavy atom. The van der Waals surface area contributed by atoms with Crippen LogP contribution in [0.2, 0.25) is 0 Å². The highest BCUT2D eigenvalue weighted by molar-refractivity contribution is 5.87. The van der Waals surface area contributed by atoms with Gasteiger partial charge >= 0.3 is 5.97 Å². The zero-order valence-electron chi connectivity index (χ0n) is 8.35. The number of carboxylic acid groups (broad SMARTS) is 1. The largest absolute Gasteiger partial charge is 0.478 e. The summed E-state index contributed by atoms with van der Waals surface area (Å²) in [5.41, 5.74) is 0.220. The Kier molecular flexibility index (Phi) is 2.87. The van der Waals surface area contributed by atoms with Crippen LogP contribution in [0.15, 0.2) is 28.9 Å². The zero-order chi connectivity index (χ0) is 10.7. The Bertz CT molecular complexity index is 381. The van der Waals surface area contributed by atoms with Crippen molar-refractivity contribution in [1.82, 2.24) is 4.90 Å². The van der Waals surface area contributed by atoms with Crippen LogP contribution < -0.4 is 0 Å². The SMILES string of the molecule is O=C(O)c1coc(CN2CC=CCC2)c1. The molecule has 0 aliphatic carbocycles. The van der Waals surface area contributed by atoms with Gasteiger partial charge in [-0.3, -0.25) is 4.90 Å². The van der Waals surface area contributed by atoms with Gasteiger partial charge in [-0.15, -0.1) is 0 Å². The Hall–Kier alpha value is -1.55. The fourth-order valence-corrected chi connectivity index (χ4v) is 1.63. The normalized spacial score (nSPS) is 16.8. The van der Waals surface area contributed by atoms with Crippen molar-refractivity contribution in [2.75, 3.05) is 13.1 Å². The Morgan fingerprint density at radius 2 is 2.40 bits per heavy atom. The second kappa shape index (κ2) is 4.31. The van der Waals surface area contributed by atoms with Crippen LogP contribution in [0.1, 0.15) is 22.5 Å². The average molecular weight is 207 g/mol. The summed E-state index contributed by atoms with van der Waals surface area (Å²) in [6.07, 6.45) is 6.61. The minimum absolute atomic E-state index is 0.220. The van der Waals surface area contributed by atoms with Gasteiger partial charge in [-0.25, -0.2) is 4.79 Å². The van der Waals surface area contributed by atoms with E-state index in [1.165, 1.54) is 6.26 Å². The molecule has 0 bridgehead atoms. The highest BCUT2D eigenvalue weighted by Gasteiger charge is 2.12. The number of rotatable bonds is 3. The summed E-state index contributed by atoms with van der Waals surface area (Å²) in [7, 11) is 0. The first-order chi connectivity index (χ1) is 7.25. The van der Waals surface area contributed by atoms with Crippen molar-refractivity contribution in [2.24, 2.45) is 0 Å². The highest BCUT2D eigenvalue weighted by atomic mass is 16.4. The zero-order valence-corrected chi connectivity index (χ0v) is 8.35. The van der Waals surface area contributed by atoms with Gasteiger partial charge in [0.25, 0.3) is 0 Å². The van der Waals surface area contributed by atoms with Gasteiger partial charge in [0.15, 0.2) is 0 Å². The second-order valence-electron chi connectivity index (χ2n) is 3.60. The molecule has 1 aromatic heterocycles. The Balaban J connectivity index is 1.98. The van der Waals surface area contributed by atoms with Crippen LogP contribution in [0.4, 0.5) is 0 Å². The minimum atomic E-state index is -0.941. The summed E-state index contributed by atoms with van der Waals surface area (Å²) in [5, 5.41) is 8.72. The first kappa shape index (κ1) is 9.98. The number of aromatic carboxylic acids is 1. The third-order valence-electron chi connectivity index (χ3n) is 2.42. The number of carboxylic acids is 1. The Labute approximate surface area is 87.8 Å². The van der Waals surface area contributed by atoms with E-state index >= 15 is 0 Å². The van der Waals surface area contributed by atoms with Crippen LogP contribution in [0.25, 0.3) is 0 Å². The monoisotopic (exact) mass is 207 g/mol. The molecule has 0 saturated carbocycles. The molecule has 2 rings (SSSR count). The van der Waals surface area contributed by atoms with E-state index in [0.29, 0.717) is 12.3 Å². The van der Waals surface area contributed by atoms with Crippen molar-refractivity contribution >= 4 is 5.97 Å². The highest BCUT2D eigenvalue weighted by Crippen LogP contribution is 2.12. The van der Waals surface area contributed by atoms with Crippen molar-refractivity contribution in [3.8, 4) is 0 Å². The van der Waals surface area contributed by atoms with Gasteiger partial charge in [0.1, 0.15) is 12.0 Å². The molecule has 0 amide bonds. The molecule has 0 radical (unpaired) electrons. The summed E-state index contributed by atoms with van der Waals surface area (Å²) in [5.74, 6) is -0.230. The van der Waals surface area contributed by atoms with Gasteiger partial charge in [0, 0.05) is 13.1 Å². The van der Waals surface area contributed by atoms with E-state index in [0.717, 1.165) is 19.5 Å². The van der Waals surface area contributed by atoms with Gasteiger partial charge in [0.05, 0.1) is 12.1 Å². The molecule has 1 aliphatic rings. The average Bonchev–Trinajstić information content (AvgIpc) is 2.68. The summed E-state index contributed by atoms with van der Waals surface area (Å²) in [6, 6.07) is 1.58. The molecule has 80 valence electrons. The fraction of sp³-hybridized carbons (Fsp3) is 0.364. The van der Waals surface area contributed by atoms with E-state index in [1.807, 2.05) is 0 Å². The standard InChI is InChI=1S/C11H13NO3/c13-11(14)9-6-10(15-8-9)7-12-4-2-1-3-5-12/h1-2,6,8H,3-5,7H2,(H,13,14). The number of hydrogen-bond acceptors (Lipinski definition) is 3. The van der Waals surface area contributed by atoms with Crippen LogP contribution in [0.5, 0.6) is 0 Å². The van der Waals surface area contributed by atoms with Crippen molar-refractivity contribution in [3.63, 3.8) is 0 Å². The molecule has 1 N–H and O–H groups in total. The number of carbonyl (C=O) groups is 1. The van der Waals surface area contributed by atoms with Gasteiger partial charge in [-0.2, -0.15) is 0 Å². The Morgan fingerprint density at radius 1 is 1.53 bits per heavy atom. The summed E-state index contributed by atoms with van der Waals surface area (Å²) in [4.78, 5) is 12.8. The smallest absolute Gasteiger partial charge is 0.338 e. The predicted molar refractivity (Wildman–Crippen MR) is 54.7 cm³/mol. The van der Waals surface area contributed by atoms with Crippen LogP contribution in [-0.2, 0) is 6.54 Å². The molecule has 0 saturated heterocycles. The lowest BCUT2D eigenvalue weighted by Gasteiger charge is -2.21. The number of hydrogen-bond donors (Lipinski definition) is 1. The molecule has 4 nitrogen and oxygen atoms in total. The van der Waals surface area contributed by atoms with Crippen molar-refractivity contribution in [1.29, 1.82) is 0 Å². The van der Waals surface area contributed by atoms with Crippen LogP contribution in [0.3, 0.4) is 0 Å². The lowest BCUT2D eigenvalue weighted by atomic mass is 10.2. The maximum absolute atomic E-state index is 10.6. The van der Waals surface area contributed by atoms with E-state index in [4.69, 9.17) is 9.52 Å². The third kappa shape index (κ3) is 2.47. The lowest BCUT2D eigenvalue weighted by Crippen LogP contribution is -2.26. The molecule has 0 unspecified atom stereocenters. The molecule has 0 spiro atoms. The maximum Gasteiger partial charge on any atom is 0.338 e. The number of nitrogens with zero attached hydrogens (tertiary/aromatic N) is 1. The quantitative estimate of drug-likeness (QED) is 0.767. The van der Waals surface area contributed by atoms with E-state index in [9.17, 15) is 4.79 Å². The molecule has 0 aromatic carbocycles. The van der Waals surface area contributed by atoms with Gasteiger partial charge in [-0.1, -0.05) is 12.2 Å². The molecule has 0 fully saturated rings. The van der Waals surface area contributed by atoms with E-state index in [1.54, 1.807) is 6.07 Å². The van der Waals surface area contributed by atoms with Crippen molar-refractivity contribution in [2.45, 2.75) is 13.0 Å². The molecule has 4 heteroatoms. The van der Waals surface area contributed by atoms with Crippen molar-refractivity contribution < 1.29 is 14.3 Å². The van der Waals surface area contributed by atoms with E-state index in [-0.39, 0.29) is 5.56 Å². The second-order valence-corrected chi connectivity index (χ2v) is 3.60. The minimum Gasteiger partial charge on any atom is -0.478 e. The van der Waals surface area contributed by atoms with Crippen molar-refractivity contribution in [3.05, 3.63) is 35.8 Å². The van der Waals surface area contributed by atoms with E-state index in [2.05, 4.69) is 17.1 Å². The molecule has 1 aliphatic heterocycles. The van der Waals surface area contributed by atoms with Gasteiger partial charge in [0.2, 0.25) is 0 Å². The third-order valence-corrected chi connectivity index (χ3v) is 2.42. The molecule has 2 heterocycles. The molecule has 0 atom stereocenters. The summed E-state index contributed by atoms with van der Waals surface area (Å²) >= 11 is 0. The maximum atomic E-state index is 10.6.